The normalized spacial score (nSPS) is 19.0. The molecule has 0 aliphatic carbocycles. The first kappa shape index (κ1) is 18.5. The van der Waals surface area contributed by atoms with E-state index in [1.54, 1.807) is 6.92 Å². The minimum atomic E-state index is -3.10. The number of nitrogen functional groups attached to an aromatic ring is 1. The number of anilines is 1. The monoisotopic (exact) mass is 374 g/mol. The van der Waals surface area contributed by atoms with E-state index in [1.165, 1.54) is 23.1 Å². The summed E-state index contributed by atoms with van der Waals surface area (Å²) in [5.74, 6) is -1.17. The van der Waals surface area contributed by atoms with Crippen LogP contribution in [-0.4, -0.2) is 55.9 Å². The lowest BCUT2D eigenvalue weighted by Crippen LogP contribution is -2.43. The number of carbonyl (C=O) groups is 2. The molecule has 1 aromatic rings. The van der Waals surface area contributed by atoms with Gasteiger partial charge in [0, 0.05) is 23.3 Å². The van der Waals surface area contributed by atoms with Gasteiger partial charge >= 0.3 is 5.97 Å². The summed E-state index contributed by atoms with van der Waals surface area (Å²) in [5.41, 5.74) is 5.98. The van der Waals surface area contributed by atoms with Gasteiger partial charge in [0.15, 0.2) is 16.4 Å². The van der Waals surface area contributed by atoms with E-state index in [9.17, 15) is 18.0 Å². The molecule has 1 aliphatic heterocycles. The third-order valence-electron chi connectivity index (χ3n) is 3.87. The minimum absolute atomic E-state index is 0.0538. The molecule has 24 heavy (non-hydrogen) atoms. The molecule has 2 rings (SSSR count). The summed E-state index contributed by atoms with van der Waals surface area (Å²) in [4.78, 5) is 25.7. The lowest BCUT2D eigenvalue weighted by Gasteiger charge is -2.26. The molecule has 7 nitrogen and oxygen atoms in total. The number of benzene rings is 1. The van der Waals surface area contributed by atoms with Crippen LogP contribution in [0, 0.1) is 0 Å². The van der Waals surface area contributed by atoms with E-state index in [1.807, 2.05) is 0 Å². The van der Waals surface area contributed by atoms with Gasteiger partial charge in [0.05, 0.1) is 17.1 Å². The zero-order chi connectivity index (χ0) is 17.9. The Balaban J connectivity index is 1.98. The quantitative estimate of drug-likeness (QED) is 0.611. The molecule has 0 radical (unpaired) electrons. The van der Waals surface area contributed by atoms with Crippen LogP contribution in [0.4, 0.5) is 5.69 Å². The molecule has 2 N–H and O–H groups in total. The maximum absolute atomic E-state index is 12.3. The van der Waals surface area contributed by atoms with E-state index in [0.29, 0.717) is 18.0 Å². The average Bonchev–Trinajstić information content (AvgIpc) is 2.87. The van der Waals surface area contributed by atoms with Crippen molar-refractivity contribution >= 4 is 39.0 Å². The van der Waals surface area contributed by atoms with Crippen molar-refractivity contribution in [2.24, 2.45) is 0 Å². The van der Waals surface area contributed by atoms with E-state index in [-0.39, 0.29) is 28.8 Å². The average molecular weight is 375 g/mol. The Kier molecular flexibility index (Phi) is 5.71. The van der Waals surface area contributed by atoms with Gasteiger partial charge in [-0.1, -0.05) is 11.6 Å². The van der Waals surface area contributed by atoms with Crippen molar-refractivity contribution in [1.82, 2.24) is 4.90 Å². The van der Waals surface area contributed by atoms with E-state index in [0.717, 1.165) is 0 Å². The van der Waals surface area contributed by atoms with Gasteiger partial charge in [-0.3, -0.25) is 4.79 Å². The summed E-state index contributed by atoms with van der Waals surface area (Å²) in [5, 5.41) is 0.328. The Bertz CT molecular complexity index is 750. The molecular formula is C15H19ClN2O5S. The molecular weight excluding hydrogens is 356 g/mol. The van der Waals surface area contributed by atoms with Crippen LogP contribution < -0.4 is 5.73 Å². The number of rotatable bonds is 5. The third kappa shape index (κ3) is 4.39. The zero-order valence-electron chi connectivity index (χ0n) is 13.2. The maximum Gasteiger partial charge on any atom is 0.340 e. The number of nitrogens with two attached hydrogens (primary N) is 1. The standard InChI is InChI=1S/C15H19ClN2O5S/c1-2-18(11-5-6-24(21,22)9-11)14(19)8-23-15(20)12-7-10(16)3-4-13(12)17/h3-4,7,11H,2,5-6,8-9,17H2,1H3/t11-/m1/s1. The van der Waals surface area contributed by atoms with E-state index < -0.39 is 28.3 Å². The van der Waals surface area contributed by atoms with Crippen LogP contribution in [0.25, 0.3) is 0 Å². The molecule has 1 saturated heterocycles. The second-order valence-corrected chi connectivity index (χ2v) is 8.21. The minimum Gasteiger partial charge on any atom is -0.452 e. The summed E-state index contributed by atoms with van der Waals surface area (Å²) in [7, 11) is -3.10. The predicted molar refractivity (Wildman–Crippen MR) is 90.6 cm³/mol. The molecule has 1 amide bonds. The highest BCUT2D eigenvalue weighted by Gasteiger charge is 2.34. The number of hydrogen-bond donors (Lipinski definition) is 1. The van der Waals surface area contributed by atoms with E-state index in [2.05, 4.69) is 0 Å². The molecule has 1 atom stereocenters. The number of ether oxygens (including phenoxy) is 1. The Morgan fingerprint density at radius 1 is 1.42 bits per heavy atom. The van der Waals surface area contributed by atoms with Gasteiger partial charge in [-0.05, 0) is 31.5 Å². The van der Waals surface area contributed by atoms with Gasteiger partial charge < -0.3 is 15.4 Å². The summed E-state index contributed by atoms with van der Waals surface area (Å²) >= 11 is 5.81. The smallest absolute Gasteiger partial charge is 0.340 e. The van der Waals surface area contributed by atoms with Crippen LogP contribution in [0.1, 0.15) is 23.7 Å². The fourth-order valence-corrected chi connectivity index (χ4v) is 4.56. The Labute approximate surface area is 145 Å². The second kappa shape index (κ2) is 7.40. The van der Waals surface area contributed by atoms with Crippen molar-refractivity contribution < 1.29 is 22.7 Å². The van der Waals surface area contributed by atoms with E-state index >= 15 is 0 Å². The number of carbonyl (C=O) groups excluding carboxylic acids is 2. The summed E-state index contributed by atoms with van der Waals surface area (Å²) in [6, 6.07) is 4.01. The van der Waals surface area contributed by atoms with E-state index in [4.69, 9.17) is 22.1 Å². The van der Waals surface area contributed by atoms with Crippen LogP contribution in [-0.2, 0) is 19.4 Å². The number of halogens is 1. The number of likely N-dealkylation sites (N-methyl/N-ethyl adjacent to an activating group) is 1. The lowest BCUT2D eigenvalue weighted by molar-refractivity contribution is -0.136. The van der Waals surface area contributed by atoms with Gasteiger partial charge in [-0.15, -0.1) is 0 Å². The Morgan fingerprint density at radius 3 is 2.71 bits per heavy atom. The molecule has 0 saturated carbocycles. The molecule has 0 bridgehead atoms. The largest absolute Gasteiger partial charge is 0.452 e. The van der Waals surface area contributed by atoms with Crippen molar-refractivity contribution in [3.8, 4) is 0 Å². The van der Waals surface area contributed by atoms with Gasteiger partial charge in [0.2, 0.25) is 0 Å². The predicted octanol–water partition coefficient (Wildman–Crippen LogP) is 1.11. The molecule has 0 spiro atoms. The van der Waals surface area contributed by atoms with Crippen LogP contribution in [0.15, 0.2) is 18.2 Å². The van der Waals surface area contributed by atoms with Gasteiger partial charge in [-0.25, -0.2) is 13.2 Å². The molecule has 0 unspecified atom stereocenters. The van der Waals surface area contributed by atoms with Crippen LogP contribution >= 0.6 is 11.6 Å². The molecule has 1 aliphatic rings. The van der Waals surface area contributed by atoms with Crippen molar-refractivity contribution in [2.45, 2.75) is 19.4 Å². The topological polar surface area (TPSA) is 107 Å². The summed E-state index contributed by atoms with van der Waals surface area (Å²) in [6.45, 7) is 1.62. The molecule has 132 valence electrons. The first-order valence-electron chi connectivity index (χ1n) is 7.45. The first-order valence-corrected chi connectivity index (χ1v) is 9.65. The number of sulfone groups is 1. The fraction of sp³-hybridized carbons (Fsp3) is 0.467. The van der Waals surface area contributed by atoms with Crippen molar-refractivity contribution in [3.63, 3.8) is 0 Å². The van der Waals surface area contributed by atoms with Crippen LogP contribution in [0.5, 0.6) is 0 Å². The molecule has 1 heterocycles. The number of esters is 1. The SMILES string of the molecule is CCN(C(=O)COC(=O)c1cc(Cl)ccc1N)[C@@H]1CCS(=O)(=O)C1. The first-order chi connectivity index (χ1) is 11.2. The Morgan fingerprint density at radius 2 is 2.12 bits per heavy atom. The number of hydrogen-bond acceptors (Lipinski definition) is 6. The van der Waals surface area contributed by atoms with Crippen molar-refractivity contribution in [1.29, 1.82) is 0 Å². The zero-order valence-corrected chi connectivity index (χ0v) is 14.8. The lowest BCUT2D eigenvalue weighted by atomic mass is 10.2. The highest BCUT2D eigenvalue weighted by Crippen LogP contribution is 2.20. The molecule has 1 fully saturated rings. The van der Waals surface area contributed by atoms with Crippen LogP contribution in [0.3, 0.4) is 0 Å². The third-order valence-corrected chi connectivity index (χ3v) is 5.86. The van der Waals surface area contributed by atoms with Crippen LogP contribution in [0.2, 0.25) is 5.02 Å². The highest BCUT2D eigenvalue weighted by atomic mass is 35.5. The molecule has 9 heteroatoms. The number of nitrogens with zero attached hydrogens (tertiary/aromatic N) is 1. The second-order valence-electron chi connectivity index (χ2n) is 5.54. The van der Waals surface area contributed by atoms with Gasteiger partial charge in [0.25, 0.3) is 5.91 Å². The highest BCUT2D eigenvalue weighted by molar-refractivity contribution is 7.91. The van der Waals surface area contributed by atoms with Crippen molar-refractivity contribution in [3.05, 3.63) is 28.8 Å². The van der Waals surface area contributed by atoms with Gasteiger partial charge in [0.1, 0.15) is 0 Å². The molecule has 0 aromatic heterocycles. The Hall–Kier alpha value is -1.80. The molecule has 1 aromatic carbocycles. The fourth-order valence-electron chi connectivity index (χ4n) is 2.65. The number of amides is 1. The van der Waals surface area contributed by atoms with Gasteiger partial charge in [-0.2, -0.15) is 0 Å². The maximum atomic E-state index is 12.3. The summed E-state index contributed by atoms with van der Waals surface area (Å²) in [6.07, 6.45) is 0.400. The summed E-state index contributed by atoms with van der Waals surface area (Å²) < 4.78 is 28.1. The van der Waals surface area contributed by atoms with Crippen molar-refractivity contribution in [2.75, 3.05) is 30.4 Å².